The van der Waals surface area contributed by atoms with Crippen LogP contribution in [-0.2, 0) is 11.2 Å². The number of carbonyl (C=O) groups excluding carboxylic acids is 1. The van der Waals surface area contributed by atoms with E-state index in [1.54, 1.807) is 18.3 Å². The summed E-state index contributed by atoms with van der Waals surface area (Å²) in [5, 5.41) is 6.03. The summed E-state index contributed by atoms with van der Waals surface area (Å²) in [6, 6.07) is 7.46. The summed E-state index contributed by atoms with van der Waals surface area (Å²) < 4.78 is 5.32. The Kier molecular flexibility index (Phi) is 3.59. The molecule has 2 heterocycles. The number of pyridine rings is 1. The van der Waals surface area contributed by atoms with E-state index in [0.717, 1.165) is 24.2 Å². The molecule has 0 unspecified atom stereocenters. The van der Waals surface area contributed by atoms with Crippen LogP contribution in [0.3, 0.4) is 0 Å². The highest BCUT2D eigenvalue weighted by Gasteiger charge is 2.17. The maximum absolute atomic E-state index is 11.3. The van der Waals surface area contributed by atoms with Crippen molar-refractivity contribution in [3.05, 3.63) is 42.2 Å². The van der Waals surface area contributed by atoms with Gasteiger partial charge in [-0.1, -0.05) is 6.07 Å². The molecule has 3 rings (SSSR count). The van der Waals surface area contributed by atoms with Crippen molar-refractivity contribution in [3.8, 4) is 5.75 Å². The molecule has 0 spiro atoms. The van der Waals surface area contributed by atoms with Gasteiger partial charge in [-0.15, -0.1) is 0 Å². The monoisotopic (exact) mass is 284 g/mol. The van der Waals surface area contributed by atoms with Gasteiger partial charge >= 0.3 is 0 Å². The number of nitrogens with two attached hydrogens (primary N) is 1. The lowest BCUT2D eigenvalue weighted by atomic mass is 10.2. The first-order valence-electron chi connectivity index (χ1n) is 6.71. The minimum atomic E-state index is -0.159. The van der Waals surface area contributed by atoms with Gasteiger partial charge in [-0.3, -0.25) is 9.78 Å². The van der Waals surface area contributed by atoms with Crippen molar-refractivity contribution < 1.29 is 9.53 Å². The smallest absolute Gasteiger partial charge is 0.262 e. The molecule has 0 atom stereocenters. The van der Waals surface area contributed by atoms with E-state index in [4.69, 9.17) is 10.5 Å². The van der Waals surface area contributed by atoms with Crippen LogP contribution in [0.2, 0.25) is 0 Å². The average molecular weight is 284 g/mol. The molecular weight excluding hydrogens is 268 g/mol. The van der Waals surface area contributed by atoms with Crippen molar-refractivity contribution in [1.29, 1.82) is 0 Å². The minimum Gasteiger partial charge on any atom is -0.482 e. The number of amides is 1. The summed E-state index contributed by atoms with van der Waals surface area (Å²) in [6.45, 7) is 0.754. The number of nitrogens with zero attached hydrogens (tertiary/aromatic N) is 1. The van der Waals surface area contributed by atoms with Crippen LogP contribution >= 0.6 is 0 Å². The maximum atomic E-state index is 11.3. The van der Waals surface area contributed by atoms with Crippen LogP contribution in [0.4, 0.5) is 17.1 Å². The molecule has 1 aromatic heterocycles. The normalized spacial score (nSPS) is 13.0. The van der Waals surface area contributed by atoms with Gasteiger partial charge in [0.2, 0.25) is 0 Å². The summed E-state index contributed by atoms with van der Waals surface area (Å²) in [5.74, 6) is 0.443. The molecule has 0 radical (unpaired) electrons. The zero-order chi connectivity index (χ0) is 14.7. The van der Waals surface area contributed by atoms with E-state index < -0.39 is 0 Å². The van der Waals surface area contributed by atoms with Gasteiger partial charge in [0.15, 0.2) is 6.61 Å². The number of hydrogen-bond acceptors (Lipinski definition) is 5. The highest BCUT2D eigenvalue weighted by atomic mass is 16.5. The molecule has 4 N–H and O–H groups in total. The number of aromatic nitrogens is 1. The minimum absolute atomic E-state index is 0.0280. The third-order valence-electron chi connectivity index (χ3n) is 3.24. The molecule has 108 valence electrons. The van der Waals surface area contributed by atoms with Gasteiger partial charge in [0.25, 0.3) is 5.91 Å². The first-order chi connectivity index (χ1) is 10.2. The average Bonchev–Trinajstić information content (AvgIpc) is 2.49. The lowest BCUT2D eigenvalue weighted by Crippen LogP contribution is -2.25. The molecule has 2 aromatic rings. The van der Waals surface area contributed by atoms with Crippen molar-refractivity contribution in [2.45, 2.75) is 6.42 Å². The molecule has 0 aliphatic carbocycles. The number of rotatable bonds is 4. The van der Waals surface area contributed by atoms with Gasteiger partial charge in [-0.2, -0.15) is 0 Å². The summed E-state index contributed by atoms with van der Waals surface area (Å²) in [6.07, 6.45) is 4.43. The Morgan fingerprint density at radius 2 is 2.33 bits per heavy atom. The Bertz CT molecular complexity index is 658. The Labute approximate surface area is 122 Å². The summed E-state index contributed by atoms with van der Waals surface area (Å²) >= 11 is 0. The van der Waals surface area contributed by atoms with Crippen LogP contribution in [0, 0.1) is 0 Å². The number of hydrogen-bond donors (Lipinski definition) is 3. The molecule has 0 bridgehead atoms. The fourth-order valence-electron chi connectivity index (χ4n) is 2.18. The second kappa shape index (κ2) is 5.70. The third-order valence-corrected chi connectivity index (χ3v) is 3.24. The molecular formula is C15H16N4O2. The largest absolute Gasteiger partial charge is 0.482 e. The van der Waals surface area contributed by atoms with E-state index in [9.17, 15) is 4.79 Å². The van der Waals surface area contributed by atoms with E-state index in [-0.39, 0.29) is 12.5 Å². The molecule has 1 aliphatic heterocycles. The first-order valence-corrected chi connectivity index (χ1v) is 6.71. The zero-order valence-corrected chi connectivity index (χ0v) is 11.4. The van der Waals surface area contributed by atoms with Crippen molar-refractivity contribution >= 4 is 23.0 Å². The van der Waals surface area contributed by atoms with E-state index in [1.807, 2.05) is 18.3 Å². The first kappa shape index (κ1) is 13.2. The maximum Gasteiger partial charge on any atom is 0.262 e. The van der Waals surface area contributed by atoms with Crippen LogP contribution < -0.4 is 21.1 Å². The van der Waals surface area contributed by atoms with Crippen molar-refractivity contribution in [1.82, 2.24) is 4.98 Å². The third kappa shape index (κ3) is 3.05. The van der Waals surface area contributed by atoms with E-state index in [0.29, 0.717) is 17.1 Å². The van der Waals surface area contributed by atoms with Gasteiger partial charge in [-0.25, -0.2) is 0 Å². The van der Waals surface area contributed by atoms with Crippen LogP contribution in [0.1, 0.15) is 5.56 Å². The van der Waals surface area contributed by atoms with Crippen LogP contribution in [0.25, 0.3) is 0 Å². The Balaban J connectivity index is 1.68. The van der Waals surface area contributed by atoms with Crippen LogP contribution in [0.15, 0.2) is 36.7 Å². The predicted octanol–water partition coefficient (Wildman–Crippen LogP) is 1.65. The lowest BCUT2D eigenvalue weighted by Gasteiger charge is -2.20. The number of anilines is 3. The molecule has 6 nitrogen and oxygen atoms in total. The lowest BCUT2D eigenvalue weighted by molar-refractivity contribution is -0.118. The number of nitrogen functional groups attached to an aromatic ring is 1. The number of fused-ring (bicyclic) bond motifs is 1. The van der Waals surface area contributed by atoms with Crippen LogP contribution in [-0.4, -0.2) is 24.0 Å². The van der Waals surface area contributed by atoms with Crippen molar-refractivity contribution in [2.24, 2.45) is 0 Å². The number of benzene rings is 1. The molecule has 0 saturated carbocycles. The second-order valence-electron chi connectivity index (χ2n) is 4.81. The number of carbonyl (C=O) groups is 1. The summed E-state index contributed by atoms with van der Waals surface area (Å²) in [5.41, 5.74) is 9.16. The fraction of sp³-hybridized carbons (Fsp3) is 0.200. The molecule has 1 amide bonds. The highest BCUT2D eigenvalue weighted by Crippen LogP contribution is 2.35. The van der Waals surface area contributed by atoms with Crippen molar-refractivity contribution in [2.75, 3.05) is 29.5 Å². The second-order valence-corrected chi connectivity index (χ2v) is 4.81. The Hall–Kier alpha value is -2.76. The van der Waals surface area contributed by atoms with Gasteiger partial charge in [0.05, 0.1) is 17.1 Å². The molecule has 0 saturated heterocycles. The van der Waals surface area contributed by atoms with E-state index in [1.165, 1.54) is 0 Å². The zero-order valence-electron chi connectivity index (χ0n) is 11.4. The topological polar surface area (TPSA) is 89.3 Å². The molecule has 0 fully saturated rings. The van der Waals surface area contributed by atoms with E-state index in [2.05, 4.69) is 15.6 Å². The number of nitrogens with one attached hydrogen (secondary N) is 2. The quantitative estimate of drug-likeness (QED) is 0.743. The Morgan fingerprint density at radius 1 is 1.43 bits per heavy atom. The van der Waals surface area contributed by atoms with Gasteiger partial charge in [-0.05, 0) is 24.1 Å². The summed E-state index contributed by atoms with van der Waals surface area (Å²) in [4.78, 5) is 15.4. The summed E-state index contributed by atoms with van der Waals surface area (Å²) in [7, 11) is 0. The standard InChI is InChI=1S/C15H16N4O2/c16-11-6-14-13(19-15(20)9-21-14)7-12(11)18-5-3-10-2-1-4-17-8-10/h1-2,4,6-8,18H,3,5,9,16H2,(H,19,20). The van der Waals surface area contributed by atoms with Crippen LogP contribution in [0.5, 0.6) is 5.75 Å². The SMILES string of the molecule is Nc1cc2c(cc1NCCc1cccnc1)NC(=O)CO2. The number of ether oxygens (including phenoxy) is 1. The fourth-order valence-corrected chi connectivity index (χ4v) is 2.18. The highest BCUT2D eigenvalue weighted by molar-refractivity contribution is 5.97. The Morgan fingerprint density at radius 3 is 3.14 bits per heavy atom. The molecule has 1 aromatic carbocycles. The van der Waals surface area contributed by atoms with Gasteiger partial charge < -0.3 is 21.1 Å². The molecule has 6 heteroatoms. The van der Waals surface area contributed by atoms with Crippen molar-refractivity contribution in [3.63, 3.8) is 0 Å². The van der Waals surface area contributed by atoms with E-state index >= 15 is 0 Å². The molecule has 21 heavy (non-hydrogen) atoms. The van der Waals surface area contributed by atoms with Gasteiger partial charge in [0, 0.05) is 25.0 Å². The predicted molar refractivity (Wildman–Crippen MR) is 81.4 cm³/mol. The molecule has 1 aliphatic rings. The van der Waals surface area contributed by atoms with Gasteiger partial charge in [0.1, 0.15) is 5.75 Å².